The van der Waals surface area contributed by atoms with Crippen LogP contribution in [0.15, 0.2) is 47.5 Å². The lowest BCUT2D eigenvalue weighted by atomic mass is 10.1. The maximum atomic E-state index is 12.1. The van der Waals surface area contributed by atoms with E-state index in [0.717, 1.165) is 47.7 Å². The smallest absolute Gasteiger partial charge is 0.255 e. The minimum Gasteiger partial charge on any atom is -0.310 e. The van der Waals surface area contributed by atoms with E-state index >= 15 is 0 Å². The molecule has 0 atom stereocenters. The number of H-pyrrole nitrogens is 1. The van der Waals surface area contributed by atoms with Crippen LogP contribution >= 0.6 is 0 Å². The summed E-state index contributed by atoms with van der Waals surface area (Å²) in [5.74, 6) is 1.41. The second-order valence-corrected chi connectivity index (χ2v) is 6.32. The van der Waals surface area contributed by atoms with Gasteiger partial charge >= 0.3 is 0 Å². The quantitative estimate of drug-likeness (QED) is 0.794. The molecule has 1 aliphatic heterocycles. The molecule has 6 nitrogen and oxygen atoms in total. The maximum Gasteiger partial charge on any atom is 0.255 e. The van der Waals surface area contributed by atoms with Crippen LogP contribution in [-0.2, 0) is 19.5 Å². The lowest BCUT2D eigenvalue weighted by Gasteiger charge is -2.27. The average molecular weight is 333 g/mol. The van der Waals surface area contributed by atoms with E-state index in [1.165, 1.54) is 0 Å². The van der Waals surface area contributed by atoms with Gasteiger partial charge in [-0.25, -0.2) is 15.0 Å². The van der Waals surface area contributed by atoms with E-state index in [4.69, 9.17) is 0 Å². The van der Waals surface area contributed by atoms with Gasteiger partial charge < -0.3 is 4.98 Å². The molecule has 0 saturated carbocycles. The Kier molecular flexibility index (Phi) is 4.11. The molecule has 25 heavy (non-hydrogen) atoms. The van der Waals surface area contributed by atoms with Crippen LogP contribution in [0.2, 0.25) is 0 Å². The van der Waals surface area contributed by atoms with Crippen molar-refractivity contribution in [1.29, 1.82) is 0 Å². The van der Waals surface area contributed by atoms with Gasteiger partial charge in [-0.15, -0.1) is 0 Å². The first-order valence-electron chi connectivity index (χ1n) is 8.36. The highest BCUT2D eigenvalue weighted by Crippen LogP contribution is 2.17. The fourth-order valence-corrected chi connectivity index (χ4v) is 3.17. The number of rotatable bonds is 3. The van der Waals surface area contributed by atoms with Gasteiger partial charge in [-0.1, -0.05) is 30.3 Å². The number of nitrogens with one attached hydrogen (secondary N) is 1. The zero-order valence-corrected chi connectivity index (χ0v) is 14.1. The Bertz CT molecular complexity index is 934. The highest BCUT2D eigenvalue weighted by Gasteiger charge is 2.20. The second-order valence-electron chi connectivity index (χ2n) is 6.32. The largest absolute Gasteiger partial charge is 0.310 e. The highest BCUT2D eigenvalue weighted by molar-refractivity contribution is 5.53. The molecule has 0 amide bonds. The summed E-state index contributed by atoms with van der Waals surface area (Å²) in [4.78, 5) is 30.6. The molecule has 3 heterocycles. The molecule has 0 bridgehead atoms. The van der Waals surface area contributed by atoms with Gasteiger partial charge in [0.05, 0.1) is 11.3 Å². The first-order chi connectivity index (χ1) is 12.2. The van der Waals surface area contributed by atoms with E-state index < -0.39 is 0 Å². The molecular formula is C19H19N5O. The summed E-state index contributed by atoms with van der Waals surface area (Å²) < 4.78 is 0. The lowest BCUT2D eigenvalue weighted by Crippen LogP contribution is -2.35. The molecule has 0 fully saturated rings. The molecule has 0 saturated heterocycles. The fraction of sp³-hybridized carbons (Fsp3) is 0.263. The van der Waals surface area contributed by atoms with Gasteiger partial charge in [0.2, 0.25) is 0 Å². The SMILES string of the molecule is Cc1nc2c(c(=O)[nH]1)CN(Cc1cnc(-c3ccccc3)nc1)CC2. The molecule has 0 spiro atoms. The summed E-state index contributed by atoms with van der Waals surface area (Å²) in [6, 6.07) is 9.93. The minimum atomic E-state index is -0.0251. The molecular weight excluding hydrogens is 314 g/mol. The van der Waals surface area contributed by atoms with Crippen molar-refractivity contribution in [3.05, 3.63) is 75.7 Å². The number of benzene rings is 1. The zero-order chi connectivity index (χ0) is 17.2. The van der Waals surface area contributed by atoms with Crippen molar-refractivity contribution in [2.45, 2.75) is 26.4 Å². The van der Waals surface area contributed by atoms with Crippen LogP contribution in [0.4, 0.5) is 0 Å². The predicted octanol–water partition coefficient (Wildman–Crippen LogP) is 2.09. The summed E-state index contributed by atoms with van der Waals surface area (Å²) in [6.07, 6.45) is 4.52. The predicted molar refractivity (Wildman–Crippen MR) is 94.9 cm³/mol. The summed E-state index contributed by atoms with van der Waals surface area (Å²) >= 11 is 0. The molecule has 1 aliphatic rings. The molecule has 0 radical (unpaired) electrons. The zero-order valence-electron chi connectivity index (χ0n) is 14.1. The van der Waals surface area contributed by atoms with Gasteiger partial charge in [0, 0.05) is 49.6 Å². The number of fused-ring (bicyclic) bond motifs is 1. The molecule has 6 heteroatoms. The third-order valence-corrected chi connectivity index (χ3v) is 4.41. The van der Waals surface area contributed by atoms with Gasteiger partial charge in [0.15, 0.2) is 5.82 Å². The monoisotopic (exact) mass is 333 g/mol. The summed E-state index contributed by atoms with van der Waals surface area (Å²) in [5.41, 5.74) is 3.73. The molecule has 1 aromatic carbocycles. The van der Waals surface area contributed by atoms with Crippen LogP contribution in [0.25, 0.3) is 11.4 Å². The summed E-state index contributed by atoms with van der Waals surface area (Å²) in [5, 5.41) is 0. The number of hydrogen-bond acceptors (Lipinski definition) is 5. The van der Waals surface area contributed by atoms with Gasteiger partial charge in [0.1, 0.15) is 5.82 Å². The van der Waals surface area contributed by atoms with Crippen molar-refractivity contribution in [1.82, 2.24) is 24.8 Å². The highest BCUT2D eigenvalue weighted by atomic mass is 16.1. The lowest BCUT2D eigenvalue weighted by molar-refractivity contribution is 0.241. The normalized spacial score (nSPS) is 14.3. The van der Waals surface area contributed by atoms with Gasteiger partial charge in [-0.05, 0) is 6.92 Å². The van der Waals surface area contributed by atoms with Crippen LogP contribution in [0, 0.1) is 6.92 Å². The van der Waals surface area contributed by atoms with Gasteiger partial charge in [0.25, 0.3) is 5.56 Å². The van der Waals surface area contributed by atoms with Gasteiger partial charge in [-0.3, -0.25) is 9.69 Å². The molecule has 2 aromatic heterocycles. The van der Waals surface area contributed by atoms with Crippen LogP contribution in [0.1, 0.15) is 22.6 Å². The Balaban J connectivity index is 1.49. The van der Waals surface area contributed by atoms with E-state index in [2.05, 4.69) is 24.8 Å². The second kappa shape index (κ2) is 6.57. The van der Waals surface area contributed by atoms with Crippen molar-refractivity contribution in [3.8, 4) is 11.4 Å². The molecule has 0 aliphatic carbocycles. The Morgan fingerprint density at radius 2 is 1.92 bits per heavy atom. The fourth-order valence-electron chi connectivity index (χ4n) is 3.17. The van der Waals surface area contributed by atoms with E-state index in [1.807, 2.05) is 49.6 Å². The third-order valence-electron chi connectivity index (χ3n) is 4.41. The molecule has 4 rings (SSSR count). The number of aromatic nitrogens is 4. The standard InChI is InChI=1S/C19H19N5O/c1-13-22-17-7-8-24(12-16(17)19(25)23-13)11-14-9-20-18(21-10-14)15-5-3-2-4-6-15/h2-6,9-10H,7-8,11-12H2,1H3,(H,22,23,25). The molecule has 0 unspecified atom stereocenters. The van der Waals surface area contributed by atoms with Crippen molar-refractivity contribution in [2.24, 2.45) is 0 Å². The molecule has 1 N–H and O–H groups in total. The van der Waals surface area contributed by atoms with Crippen molar-refractivity contribution in [2.75, 3.05) is 6.54 Å². The summed E-state index contributed by atoms with van der Waals surface area (Å²) in [7, 11) is 0. The first-order valence-corrected chi connectivity index (χ1v) is 8.36. The first kappa shape index (κ1) is 15.7. The van der Waals surface area contributed by atoms with E-state index in [-0.39, 0.29) is 5.56 Å². The van der Waals surface area contributed by atoms with Crippen LogP contribution < -0.4 is 5.56 Å². The van der Waals surface area contributed by atoms with Gasteiger partial charge in [-0.2, -0.15) is 0 Å². The third kappa shape index (κ3) is 3.34. The topological polar surface area (TPSA) is 74.8 Å². The Labute approximate surface area is 145 Å². The number of hydrogen-bond donors (Lipinski definition) is 1. The van der Waals surface area contributed by atoms with Crippen LogP contribution in [0.5, 0.6) is 0 Å². The maximum absolute atomic E-state index is 12.1. The van der Waals surface area contributed by atoms with E-state index in [9.17, 15) is 4.79 Å². The minimum absolute atomic E-state index is 0.0251. The van der Waals surface area contributed by atoms with Crippen molar-refractivity contribution >= 4 is 0 Å². The van der Waals surface area contributed by atoms with Crippen LogP contribution in [-0.4, -0.2) is 31.4 Å². The number of aryl methyl sites for hydroxylation is 1. The van der Waals surface area contributed by atoms with Crippen LogP contribution in [0.3, 0.4) is 0 Å². The summed E-state index contributed by atoms with van der Waals surface area (Å²) in [6.45, 7) is 4.03. The average Bonchev–Trinajstić information content (AvgIpc) is 2.63. The Hall–Kier alpha value is -2.86. The number of nitrogens with zero attached hydrogens (tertiary/aromatic N) is 4. The van der Waals surface area contributed by atoms with Crippen molar-refractivity contribution in [3.63, 3.8) is 0 Å². The Morgan fingerprint density at radius 1 is 1.16 bits per heavy atom. The van der Waals surface area contributed by atoms with E-state index in [1.54, 1.807) is 0 Å². The van der Waals surface area contributed by atoms with Crippen molar-refractivity contribution < 1.29 is 0 Å². The number of aromatic amines is 1. The Morgan fingerprint density at radius 3 is 2.68 bits per heavy atom. The van der Waals surface area contributed by atoms with E-state index in [0.29, 0.717) is 12.4 Å². The molecule has 3 aromatic rings. The molecule has 126 valence electrons.